The molecule has 3 aliphatic heterocycles. The van der Waals surface area contributed by atoms with Gasteiger partial charge in [0, 0.05) is 35.8 Å². The zero-order valence-electron chi connectivity index (χ0n) is 16.9. The molecule has 1 aromatic heterocycles. The number of hydrogen-bond acceptors (Lipinski definition) is 5. The van der Waals surface area contributed by atoms with Crippen molar-refractivity contribution in [3.63, 3.8) is 0 Å². The molecule has 156 valence electrons. The Labute approximate surface area is 174 Å². The first-order chi connectivity index (χ1) is 14.7. The van der Waals surface area contributed by atoms with E-state index in [1.54, 1.807) is 4.90 Å². The molecule has 30 heavy (non-hydrogen) atoms. The summed E-state index contributed by atoms with van der Waals surface area (Å²) in [7, 11) is 0. The molecule has 1 saturated heterocycles. The second-order valence-corrected chi connectivity index (χ2v) is 7.49. The fourth-order valence-corrected chi connectivity index (χ4v) is 3.94. The van der Waals surface area contributed by atoms with E-state index < -0.39 is 0 Å². The second-order valence-electron chi connectivity index (χ2n) is 7.49. The van der Waals surface area contributed by atoms with Gasteiger partial charge in [-0.15, -0.1) is 0 Å². The molecule has 1 atom stereocenters. The molecule has 8 nitrogen and oxygen atoms in total. The van der Waals surface area contributed by atoms with Gasteiger partial charge in [0.25, 0.3) is 0 Å². The van der Waals surface area contributed by atoms with Crippen molar-refractivity contribution in [1.29, 1.82) is 0 Å². The van der Waals surface area contributed by atoms with Gasteiger partial charge in [0.1, 0.15) is 12.7 Å². The van der Waals surface area contributed by atoms with Crippen LogP contribution in [0.3, 0.4) is 0 Å². The number of rotatable bonds is 4. The number of aliphatic imine (C=N–C) groups is 1. The predicted octanol–water partition coefficient (Wildman–Crippen LogP) is 1.13. The van der Waals surface area contributed by atoms with Gasteiger partial charge in [0.2, 0.25) is 0 Å². The quantitative estimate of drug-likeness (QED) is 0.758. The Morgan fingerprint density at radius 3 is 3.00 bits per heavy atom. The van der Waals surface area contributed by atoms with E-state index in [0.29, 0.717) is 45.3 Å². The minimum Gasteiger partial charge on any atom is -0.477 e. The Morgan fingerprint density at radius 2 is 2.20 bits per heavy atom. The van der Waals surface area contributed by atoms with Gasteiger partial charge in [-0.3, -0.25) is 9.58 Å². The van der Waals surface area contributed by atoms with Gasteiger partial charge in [0.05, 0.1) is 32.4 Å². The van der Waals surface area contributed by atoms with Crippen LogP contribution in [0.4, 0.5) is 4.79 Å². The van der Waals surface area contributed by atoms with Crippen molar-refractivity contribution < 1.29 is 19.0 Å². The van der Waals surface area contributed by atoms with Crippen molar-refractivity contribution in [2.75, 3.05) is 33.0 Å². The average molecular weight is 408 g/mol. The maximum atomic E-state index is 12.6. The normalized spacial score (nSPS) is 20.9. The summed E-state index contributed by atoms with van der Waals surface area (Å²) < 4.78 is 18.7. The second kappa shape index (κ2) is 8.04. The molecular weight excluding hydrogens is 384 g/mol. The summed E-state index contributed by atoms with van der Waals surface area (Å²) >= 11 is 0. The number of carbonyl (C=O) groups excluding carboxylic acids is 1. The number of carbonyl (C=O) groups is 1. The molecule has 0 spiro atoms. The van der Waals surface area contributed by atoms with Crippen LogP contribution in [0.15, 0.2) is 35.6 Å². The first-order valence-electron chi connectivity index (χ1n) is 10.3. The number of hydrogen-bond donors (Lipinski definition) is 0. The summed E-state index contributed by atoms with van der Waals surface area (Å²) in [5, 5.41) is 6.51. The SMILES string of the molecule is CCn1cc(-c2ccc3c(c2)=CCN2C(=O)N=C(OCC4COCCO4)CC=32)cn1. The van der Waals surface area contributed by atoms with Gasteiger partial charge >= 0.3 is 6.03 Å². The summed E-state index contributed by atoms with van der Waals surface area (Å²) in [6.07, 6.45) is 6.35. The molecule has 0 aliphatic carbocycles. The number of aryl methyl sites for hydroxylation is 1. The first-order valence-corrected chi connectivity index (χ1v) is 10.3. The lowest BCUT2D eigenvalue weighted by atomic mass is 10.0. The molecule has 1 unspecified atom stereocenters. The predicted molar refractivity (Wildman–Crippen MR) is 111 cm³/mol. The highest BCUT2D eigenvalue weighted by molar-refractivity contribution is 6.02. The van der Waals surface area contributed by atoms with Crippen LogP contribution in [0.1, 0.15) is 13.3 Å². The summed E-state index contributed by atoms with van der Waals surface area (Å²) in [5.41, 5.74) is 3.13. The molecule has 0 saturated carbocycles. The number of nitrogens with zero attached hydrogens (tertiary/aromatic N) is 4. The van der Waals surface area contributed by atoms with Crippen molar-refractivity contribution in [3.05, 3.63) is 41.0 Å². The van der Waals surface area contributed by atoms with Crippen molar-refractivity contribution in [2.24, 2.45) is 4.99 Å². The highest BCUT2D eigenvalue weighted by Gasteiger charge is 2.28. The molecule has 0 N–H and O–H groups in total. The van der Waals surface area contributed by atoms with Crippen molar-refractivity contribution >= 4 is 23.7 Å². The summed E-state index contributed by atoms with van der Waals surface area (Å²) in [4.78, 5) is 18.4. The lowest BCUT2D eigenvalue weighted by molar-refractivity contribution is -0.103. The Kier molecular flexibility index (Phi) is 5.10. The lowest BCUT2D eigenvalue weighted by Gasteiger charge is -2.30. The summed E-state index contributed by atoms with van der Waals surface area (Å²) in [6.45, 7) is 5.42. The largest absolute Gasteiger partial charge is 0.477 e. The standard InChI is InChI=1S/C22H24N4O4/c1-2-25-12-17(11-23-25)15-3-4-19-16(9-15)5-6-26-20(19)10-21(24-22(26)27)30-14-18-13-28-7-8-29-18/h3-5,9,11-12,18H,2,6-8,10,13-14H2,1H3. The topological polar surface area (TPSA) is 78.2 Å². The van der Waals surface area contributed by atoms with Gasteiger partial charge < -0.3 is 14.2 Å². The van der Waals surface area contributed by atoms with Crippen LogP contribution in [0.5, 0.6) is 0 Å². The third kappa shape index (κ3) is 3.64. The molecule has 8 heteroatoms. The fourth-order valence-electron chi connectivity index (χ4n) is 3.94. The van der Waals surface area contributed by atoms with E-state index >= 15 is 0 Å². The van der Waals surface area contributed by atoms with Gasteiger partial charge in [0.15, 0.2) is 5.90 Å². The van der Waals surface area contributed by atoms with Gasteiger partial charge in [-0.05, 0) is 23.8 Å². The highest BCUT2D eigenvalue weighted by Crippen LogP contribution is 2.21. The van der Waals surface area contributed by atoms with Crippen LogP contribution in [0, 0.1) is 0 Å². The molecule has 0 radical (unpaired) electrons. The number of amides is 2. The number of urea groups is 1. The maximum absolute atomic E-state index is 12.6. The van der Waals surface area contributed by atoms with Crippen LogP contribution >= 0.6 is 0 Å². The Bertz CT molecular complexity index is 1110. The van der Waals surface area contributed by atoms with Gasteiger partial charge in [-0.2, -0.15) is 10.1 Å². The number of ether oxygens (including phenoxy) is 3. The molecule has 2 aromatic rings. The number of aromatic nitrogens is 2. The Morgan fingerprint density at radius 1 is 1.27 bits per heavy atom. The Hall–Kier alpha value is -2.97. The Balaban J connectivity index is 1.42. The molecule has 5 rings (SSSR count). The molecule has 3 aliphatic rings. The van der Waals surface area contributed by atoms with Crippen molar-refractivity contribution in [1.82, 2.24) is 14.7 Å². The summed E-state index contributed by atoms with van der Waals surface area (Å²) in [6, 6.07) is 6.01. The number of fused-ring (bicyclic) bond motifs is 2. The van der Waals surface area contributed by atoms with E-state index in [0.717, 1.165) is 33.8 Å². The summed E-state index contributed by atoms with van der Waals surface area (Å²) in [5.74, 6) is 0.432. The smallest absolute Gasteiger partial charge is 0.351 e. The van der Waals surface area contributed by atoms with E-state index in [2.05, 4.69) is 41.3 Å². The molecule has 4 heterocycles. The van der Waals surface area contributed by atoms with Crippen LogP contribution < -0.4 is 10.4 Å². The molecule has 0 bridgehead atoms. The van der Waals surface area contributed by atoms with Crippen molar-refractivity contribution in [3.8, 4) is 11.1 Å². The van der Waals surface area contributed by atoms with Crippen LogP contribution in [0.2, 0.25) is 0 Å². The van der Waals surface area contributed by atoms with Crippen LogP contribution in [-0.2, 0) is 20.8 Å². The minimum atomic E-state index is -0.290. The molecule has 1 aromatic carbocycles. The van der Waals surface area contributed by atoms with E-state index in [1.165, 1.54) is 0 Å². The molecule has 2 amide bonds. The fraction of sp³-hybridized carbons (Fsp3) is 0.409. The molecule has 1 fully saturated rings. The van der Waals surface area contributed by atoms with Gasteiger partial charge in [-0.1, -0.05) is 18.2 Å². The monoisotopic (exact) mass is 408 g/mol. The van der Waals surface area contributed by atoms with E-state index in [9.17, 15) is 4.79 Å². The lowest BCUT2D eigenvalue weighted by Crippen LogP contribution is -2.45. The van der Waals surface area contributed by atoms with Crippen LogP contribution in [0.25, 0.3) is 22.9 Å². The first kappa shape index (κ1) is 19.0. The maximum Gasteiger partial charge on any atom is 0.351 e. The third-order valence-electron chi connectivity index (χ3n) is 5.56. The van der Waals surface area contributed by atoms with Gasteiger partial charge in [-0.25, -0.2) is 4.79 Å². The van der Waals surface area contributed by atoms with E-state index in [4.69, 9.17) is 14.2 Å². The highest BCUT2D eigenvalue weighted by atomic mass is 16.6. The molecular formula is C22H24N4O4. The van der Waals surface area contributed by atoms with Crippen molar-refractivity contribution in [2.45, 2.75) is 26.0 Å². The van der Waals surface area contributed by atoms with E-state index in [-0.39, 0.29) is 12.1 Å². The third-order valence-corrected chi connectivity index (χ3v) is 5.56. The number of benzene rings is 1. The average Bonchev–Trinajstić information content (AvgIpc) is 3.27. The van der Waals surface area contributed by atoms with E-state index in [1.807, 2.05) is 17.1 Å². The zero-order chi connectivity index (χ0) is 20.5. The van der Waals surface area contributed by atoms with Crippen LogP contribution in [-0.4, -0.2) is 65.7 Å². The minimum absolute atomic E-state index is 0.127. The zero-order valence-corrected chi connectivity index (χ0v) is 16.9.